The van der Waals surface area contributed by atoms with Gasteiger partial charge in [0.2, 0.25) is 10.0 Å². The van der Waals surface area contributed by atoms with Gasteiger partial charge in [0.05, 0.1) is 17.6 Å². The van der Waals surface area contributed by atoms with Crippen molar-refractivity contribution in [3.63, 3.8) is 0 Å². The Bertz CT molecular complexity index is 629. The molecule has 2 aliphatic heterocycles. The highest BCUT2D eigenvalue weighted by Gasteiger charge is 2.35. The second-order valence-corrected chi connectivity index (χ2v) is 8.50. The van der Waals surface area contributed by atoms with Crippen molar-refractivity contribution < 1.29 is 13.2 Å². The van der Waals surface area contributed by atoms with E-state index in [0.717, 1.165) is 12.8 Å². The molecule has 3 rings (SSSR count). The largest absolute Gasteiger partial charge is 0.381 e. The second-order valence-electron chi connectivity index (χ2n) is 5.90. The molecule has 2 fully saturated rings. The van der Waals surface area contributed by atoms with E-state index in [1.54, 1.807) is 10.5 Å². The molecule has 0 aromatic carbocycles. The third kappa shape index (κ3) is 4.12. The normalized spacial score (nSPS) is 22.1. The lowest BCUT2D eigenvalue weighted by Crippen LogP contribution is -2.47. The molecule has 7 nitrogen and oxygen atoms in total. The van der Waals surface area contributed by atoms with Crippen LogP contribution in [0.1, 0.15) is 25.7 Å². The molecule has 1 N–H and O–H groups in total. The van der Waals surface area contributed by atoms with Crippen molar-refractivity contribution in [3.8, 4) is 0 Å². The predicted molar refractivity (Wildman–Crippen MR) is 88.0 cm³/mol. The fraction of sp³-hybridized carbons (Fsp3) is 0.714. The minimum atomic E-state index is -3.21. The van der Waals surface area contributed by atoms with Gasteiger partial charge in [0.15, 0.2) is 0 Å². The Balaban J connectivity index is 1.55. The van der Waals surface area contributed by atoms with Crippen molar-refractivity contribution in [3.05, 3.63) is 17.5 Å². The lowest BCUT2D eigenvalue weighted by molar-refractivity contribution is 0.0969. The molecule has 0 saturated carbocycles. The topological polar surface area (TPSA) is 84.4 Å². The van der Waals surface area contributed by atoms with Crippen LogP contribution in [0, 0.1) is 0 Å². The third-order valence-corrected chi connectivity index (χ3v) is 6.94. The van der Waals surface area contributed by atoms with Gasteiger partial charge in [-0.3, -0.25) is 4.98 Å². The molecule has 0 amide bonds. The summed E-state index contributed by atoms with van der Waals surface area (Å²) in [5, 5.41) is 3.32. The number of ether oxygens (including phenoxy) is 1. The Labute approximate surface area is 141 Å². The van der Waals surface area contributed by atoms with E-state index in [-0.39, 0.29) is 11.3 Å². The summed E-state index contributed by atoms with van der Waals surface area (Å²) in [6, 6.07) is 0.184. The number of sulfonamides is 1. The molecule has 0 atom stereocenters. The molecule has 1 aromatic heterocycles. The van der Waals surface area contributed by atoms with Crippen molar-refractivity contribution in [2.45, 2.75) is 37.0 Å². The number of nitrogens with zero attached hydrogens (tertiary/aromatic N) is 3. The molecule has 0 radical (unpaired) electrons. The van der Waals surface area contributed by atoms with Crippen LogP contribution >= 0.6 is 11.6 Å². The molecule has 23 heavy (non-hydrogen) atoms. The van der Waals surface area contributed by atoms with Gasteiger partial charge < -0.3 is 10.1 Å². The van der Waals surface area contributed by atoms with E-state index in [0.29, 0.717) is 50.1 Å². The summed E-state index contributed by atoms with van der Waals surface area (Å²) in [5.74, 6) is 0.628. The summed E-state index contributed by atoms with van der Waals surface area (Å²) >= 11 is 5.82. The van der Waals surface area contributed by atoms with E-state index in [1.165, 1.54) is 6.20 Å². The summed E-state index contributed by atoms with van der Waals surface area (Å²) in [6.45, 7) is 2.14. The standard InChI is InChI=1S/C14H21ClN4O3S/c15-13-9-16-10-14(18-13)17-11-1-5-19(6-2-11)23(20,21)12-3-7-22-8-4-12/h9-12H,1-8H2,(H,17,18). The minimum Gasteiger partial charge on any atom is -0.381 e. The van der Waals surface area contributed by atoms with Crippen molar-refractivity contribution in [1.82, 2.24) is 14.3 Å². The summed E-state index contributed by atoms with van der Waals surface area (Å²) in [5.41, 5.74) is 0. The predicted octanol–water partition coefficient (Wildman–Crippen LogP) is 1.52. The molecule has 2 aliphatic rings. The molecule has 1 aromatic rings. The monoisotopic (exact) mass is 360 g/mol. The average Bonchev–Trinajstić information content (AvgIpc) is 2.56. The molecule has 0 unspecified atom stereocenters. The van der Waals surface area contributed by atoms with Gasteiger partial charge >= 0.3 is 0 Å². The zero-order valence-corrected chi connectivity index (χ0v) is 14.4. The molecule has 128 valence electrons. The van der Waals surface area contributed by atoms with E-state index in [9.17, 15) is 8.42 Å². The quantitative estimate of drug-likeness (QED) is 0.876. The summed E-state index contributed by atoms with van der Waals surface area (Å²) < 4.78 is 32.2. The number of piperidine rings is 1. The maximum atomic E-state index is 12.7. The van der Waals surface area contributed by atoms with Gasteiger partial charge in [-0.1, -0.05) is 11.6 Å². The highest BCUT2D eigenvalue weighted by atomic mass is 35.5. The first-order valence-corrected chi connectivity index (χ1v) is 9.74. The first-order chi connectivity index (χ1) is 11.1. The van der Waals surface area contributed by atoms with E-state index in [2.05, 4.69) is 15.3 Å². The van der Waals surface area contributed by atoms with Gasteiger partial charge in [-0.05, 0) is 25.7 Å². The maximum Gasteiger partial charge on any atom is 0.217 e. The van der Waals surface area contributed by atoms with E-state index in [1.807, 2.05) is 0 Å². The van der Waals surface area contributed by atoms with Crippen molar-refractivity contribution >= 4 is 27.4 Å². The highest BCUT2D eigenvalue weighted by Crippen LogP contribution is 2.24. The van der Waals surface area contributed by atoms with Gasteiger partial charge in [-0.15, -0.1) is 0 Å². The Morgan fingerprint density at radius 3 is 2.52 bits per heavy atom. The van der Waals surface area contributed by atoms with Crippen LogP contribution in [0.4, 0.5) is 5.82 Å². The van der Waals surface area contributed by atoms with Crippen molar-refractivity contribution in [2.75, 3.05) is 31.6 Å². The lowest BCUT2D eigenvalue weighted by atomic mass is 10.1. The SMILES string of the molecule is O=S(=O)(C1CCOCC1)N1CCC(Nc2cncc(Cl)n2)CC1. The Morgan fingerprint density at radius 2 is 1.87 bits per heavy atom. The van der Waals surface area contributed by atoms with Crippen molar-refractivity contribution in [1.29, 1.82) is 0 Å². The third-order valence-electron chi connectivity index (χ3n) is 4.36. The van der Waals surface area contributed by atoms with Gasteiger partial charge in [-0.2, -0.15) is 0 Å². The molecular weight excluding hydrogens is 340 g/mol. The smallest absolute Gasteiger partial charge is 0.217 e. The molecule has 0 bridgehead atoms. The maximum absolute atomic E-state index is 12.7. The molecule has 0 aliphatic carbocycles. The Hall–Kier alpha value is -0.960. The van der Waals surface area contributed by atoms with E-state index < -0.39 is 10.0 Å². The lowest BCUT2D eigenvalue weighted by Gasteiger charge is -2.35. The second kappa shape index (κ2) is 7.29. The van der Waals surface area contributed by atoms with Crippen LogP contribution in [0.5, 0.6) is 0 Å². The van der Waals surface area contributed by atoms with E-state index in [4.69, 9.17) is 16.3 Å². The van der Waals surface area contributed by atoms with Gasteiger partial charge in [0.1, 0.15) is 11.0 Å². The first kappa shape index (κ1) is 16.9. The van der Waals surface area contributed by atoms with Crippen LogP contribution in [-0.2, 0) is 14.8 Å². The number of halogens is 1. The van der Waals surface area contributed by atoms with E-state index >= 15 is 0 Å². The average molecular weight is 361 g/mol. The van der Waals surface area contributed by atoms with Crippen LogP contribution in [-0.4, -0.2) is 60.3 Å². The zero-order valence-electron chi connectivity index (χ0n) is 12.8. The number of rotatable bonds is 4. The number of nitrogens with one attached hydrogen (secondary N) is 1. The van der Waals surface area contributed by atoms with Crippen LogP contribution in [0.3, 0.4) is 0 Å². The van der Waals surface area contributed by atoms with Crippen LogP contribution in [0.2, 0.25) is 5.15 Å². The minimum absolute atomic E-state index is 0.184. The Kier molecular flexibility index (Phi) is 5.35. The number of anilines is 1. The van der Waals surface area contributed by atoms with Crippen LogP contribution < -0.4 is 5.32 Å². The number of hydrogen-bond acceptors (Lipinski definition) is 6. The number of aromatic nitrogens is 2. The molecule has 9 heteroatoms. The summed E-state index contributed by atoms with van der Waals surface area (Å²) in [7, 11) is -3.21. The fourth-order valence-corrected chi connectivity index (χ4v) is 5.14. The summed E-state index contributed by atoms with van der Waals surface area (Å²) in [4.78, 5) is 8.14. The molecule has 0 spiro atoms. The van der Waals surface area contributed by atoms with Gasteiger partial charge in [-0.25, -0.2) is 17.7 Å². The number of hydrogen-bond donors (Lipinski definition) is 1. The molecular formula is C14H21ClN4O3S. The first-order valence-electron chi connectivity index (χ1n) is 7.86. The Morgan fingerprint density at radius 1 is 1.17 bits per heavy atom. The highest BCUT2D eigenvalue weighted by molar-refractivity contribution is 7.89. The van der Waals surface area contributed by atoms with Crippen LogP contribution in [0.15, 0.2) is 12.4 Å². The summed E-state index contributed by atoms with van der Waals surface area (Å²) in [6.07, 6.45) is 5.79. The van der Waals surface area contributed by atoms with Crippen molar-refractivity contribution in [2.24, 2.45) is 0 Å². The van der Waals surface area contributed by atoms with Crippen LogP contribution in [0.25, 0.3) is 0 Å². The van der Waals surface area contributed by atoms with Gasteiger partial charge in [0.25, 0.3) is 0 Å². The molecule has 2 saturated heterocycles. The molecule has 3 heterocycles. The van der Waals surface area contributed by atoms with Gasteiger partial charge in [0, 0.05) is 32.3 Å². The zero-order chi connectivity index (χ0) is 16.3. The fourth-order valence-electron chi connectivity index (χ4n) is 3.06.